The van der Waals surface area contributed by atoms with Gasteiger partial charge in [0.05, 0.1) is 18.3 Å². The first-order valence-electron chi connectivity index (χ1n) is 12.0. The molecule has 0 radical (unpaired) electrons. The minimum Gasteiger partial charge on any atom is -0.497 e. The molecule has 1 aromatic heterocycles. The lowest BCUT2D eigenvalue weighted by Gasteiger charge is -2.17. The van der Waals surface area contributed by atoms with E-state index in [1.807, 2.05) is 0 Å². The third-order valence-corrected chi connectivity index (χ3v) is 6.28. The zero-order valence-electron chi connectivity index (χ0n) is 21.6. The topological polar surface area (TPSA) is 66.8 Å². The van der Waals surface area contributed by atoms with E-state index >= 15 is 0 Å². The number of hydrogen-bond donors (Lipinski definition) is 0. The van der Waals surface area contributed by atoms with Crippen molar-refractivity contribution in [3.05, 3.63) is 71.7 Å². The number of Topliss-reactive ketones (excluding diaryl/α,β-unsaturated/α-hetero) is 1. The second-order valence-electron chi connectivity index (χ2n) is 8.86. The van der Waals surface area contributed by atoms with Gasteiger partial charge in [-0.25, -0.2) is 4.39 Å². The number of rotatable bonds is 9. The number of alkyl halides is 3. The minimum atomic E-state index is -4.93. The lowest BCUT2D eigenvalue weighted by atomic mass is 9.97. The quantitative estimate of drug-likeness (QED) is 0.165. The predicted octanol–water partition coefficient (Wildman–Crippen LogP) is 7.21. The molecule has 10 heteroatoms. The molecule has 39 heavy (non-hydrogen) atoms. The van der Waals surface area contributed by atoms with Crippen LogP contribution in [-0.2, 0) is 4.79 Å². The largest absolute Gasteiger partial charge is 0.573 e. The Kier molecular flexibility index (Phi) is 7.67. The number of nitrogens with zero attached hydrogens (tertiary/aromatic N) is 1. The number of methoxy groups -OCH3 is 1. The number of ketones is 1. The zero-order chi connectivity index (χ0) is 28.5. The third-order valence-electron chi connectivity index (χ3n) is 6.28. The third kappa shape index (κ3) is 5.74. The maximum atomic E-state index is 14.8. The first-order valence-corrected chi connectivity index (χ1v) is 12.0. The first-order chi connectivity index (χ1) is 18.4. The van der Waals surface area contributed by atoms with Gasteiger partial charge in [0.2, 0.25) is 0 Å². The highest BCUT2D eigenvalue weighted by Gasteiger charge is 2.31. The average molecular weight is 544 g/mol. The van der Waals surface area contributed by atoms with Gasteiger partial charge in [0.15, 0.2) is 18.2 Å². The summed E-state index contributed by atoms with van der Waals surface area (Å²) in [6.07, 6.45) is -4.70. The predicted molar refractivity (Wildman–Crippen MR) is 137 cm³/mol. The molecule has 0 amide bonds. The number of carbonyl (C=O) groups excluding carboxylic acids is 2. The van der Waals surface area contributed by atoms with Gasteiger partial charge in [-0.3, -0.25) is 9.59 Å². The van der Waals surface area contributed by atoms with E-state index < -0.39 is 24.0 Å². The number of fused-ring (bicyclic) bond motifs is 1. The zero-order valence-corrected chi connectivity index (χ0v) is 21.6. The van der Waals surface area contributed by atoms with Crippen LogP contribution in [0.2, 0.25) is 0 Å². The number of halogens is 4. The molecule has 0 aliphatic rings. The van der Waals surface area contributed by atoms with Gasteiger partial charge in [-0.1, -0.05) is 6.92 Å². The van der Waals surface area contributed by atoms with Gasteiger partial charge in [0.25, 0.3) is 0 Å². The van der Waals surface area contributed by atoms with Crippen LogP contribution in [0.4, 0.5) is 17.6 Å². The minimum absolute atomic E-state index is 0.0764. The summed E-state index contributed by atoms with van der Waals surface area (Å²) in [5.41, 5.74) is 2.33. The van der Waals surface area contributed by atoms with E-state index in [4.69, 9.17) is 9.47 Å². The van der Waals surface area contributed by atoms with E-state index in [0.717, 1.165) is 6.07 Å². The average Bonchev–Trinajstić information content (AvgIpc) is 3.16. The fraction of sp³-hybridized carbons (Fsp3) is 0.241. The lowest BCUT2D eigenvalue weighted by molar-refractivity contribution is -0.274. The normalized spacial score (nSPS) is 12.3. The van der Waals surface area contributed by atoms with E-state index in [9.17, 15) is 27.2 Å². The summed E-state index contributed by atoms with van der Waals surface area (Å²) in [6.45, 7) is 4.82. The SMILES string of the molecule is CC[C@@H](Oc1cc(F)cc(-n2c(C)c(-c3cc(OC)ccc3C=O)c3ccc(OC(F)(F)F)cc32)c1)C(C)=O. The molecule has 6 nitrogen and oxygen atoms in total. The first kappa shape index (κ1) is 27.7. The van der Waals surface area contributed by atoms with Crippen LogP contribution in [0.5, 0.6) is 17.2 Å². The molecule has 3 aromatic carbocycles. The van der Waals surface area contributed by atoms with Gasteiger partial charge < -0.3 is 18.8 Å². The summed E-state index contributed by atoms with van der Waals surface area (Å²) in [5.74, 6) is -0.850. The molecule has 4 aromatic rings. The Hall–Kier alpha value is -4.34. The van der Waals surface area contributed by atoms with Crippen molar-refractivity contribution >= 4 is 23.0 Å². The van der Waals surface area contributed by atoms with Crippen molar-refractivity contribution in [3.63, 3.8) is 0 Å². The van der Waals surface area contributed by atoms with Gasteiger partial charge >= 0.3 is 6.36 Å². The Morgan fingerprint density at radius 3 is 2.36 bits per heavy atom. The monoisotopic (exact) mass is 543 g/mol. The van der Waals surface area contributed by atoms with E-state index in [1.54, 1.807) is 36.6 Å². The number of ether oxygens (including phenoxy) is 3. The lowest BCUT2D eigenvalue weighted by Crippen LogP contribution is -2.24. The summed E-state index contributed by atoms with van der Waals surface area (Å²) >= 11 is 0. The van der Waals surface area contributed by atoms with E-state index in [1.165, 1.54) is 44.4 Å². The number of benzene rings is 3. The fourth-order valence-corrected chi connectivity index (χ4v) is 4.61. The molecule has 1 atom stereocenters. The molecule has 4 rings (SSSR count). The van der Waals surface area contributed by atoms with Crippen LogP contribution in [0.25, 0.3) is 27.7 Å². The second-order valence-corrected chi connectivity index (χ2v) is 8.86. The van der Waals surface area contributed by atoms with E-state index in [0.29, 0.717) is 46.2 Å². The highest BCUT2D eigenvalue weighted by Crippen LogP contribution is 2.41. The van der Waals surface area contributed by atoms with Crippen LogP contribution >= 0.6 is 0 Å². The van der Waals surface area contributed by atoms with Gasteiger partial charge in [0, 0.05) is 40.4 Å². The number of carbonyl (C=O) groups is 2. The van der Waals surface area contributed by atoms with Gasteiger partial charge in [-0.05, 0) is 62.2 Å². The van der Waals surface area contributed by atoms with Crippen LogP contribution in [0, 0.1) is 12.7 Å². The number of aldehydes is 1. The molecule has 0 fully saturated rings. The molecule has 0 saturated heterocycles. The van der Waals surface area contributed by atoms with Crippen molar-refractivity contribution in [2.24, 2.45) is 0 Å². The van der Waals surface area contributed by atoms with Crippen LogP contribution in [0.1, 0.15) is 36.3 Å². The number of aromatic nitrogens is 1. The Labute approximate surface area is 221 Å². The highest BCUT2D eigenvalue weighted by molar-refractivity contribution is 6.03. The smallest absolute Gasteiger partial charge is 0.497 e. The van der Waals surface area contributed by atoms with Crippen molar-refractivity contribution in [3.8, 4) is 34.1 Å². The standard InChI is InChI=1S/C29H25F4NO5/c1-5-27(17(3)36)38-23-11-19(30)10-20(12-23)34-16(2)28(25-13-21(37-4)7-6-18(25)15-35)24-9-8-22(14-26(24)34)39-29(31,32)33/h6-15,27H,5H2,1-4H3/t27-/m1/s1. The van der Waals surface area contributed by atoms with Gasteiger partial charge in [-0.2, -0.15) is 0 Å². The molecular formula is C29H25F4NO5. The summed E-state index contributed by atoms with van der Waals surface area (Å²) in [7, 11) is 1.47. The Morgan fingerprint density at radius 1 is 1.03 bits per heavy atom. The van der Waals surface area contributed by atoms with Gasteiger partial charge in [0.1, 0.15) is 23.1 Å². The fourth-order valence-electron chi connectivity index (χ4n) is 4.61. The van der Waals surface area contributed by atoms with Gasteiger partial charge in [-0.15, -0.1) is 13.2 Å². The highest BCUT2D eigenvalue weighted by atomic mass is 19.4. The molecule has 0 N–H and O–H groups in total. The summed E-state index contributed by atoms with van der Waals surface area (Å²) in [4.78, 5) is 23.8. The molecule has 0 bridgehead atoms. The molecule has 0 aliphatic heterocycles. The summed E-state index contributed by atoms with van der Waals surface area (Å²) < 4.78 is 70.7. The van der Waals surface area contributed by atoms with Crippen molar-refractivity contribution in [2.75, 3.05) is 7.11 Å². The Bertz CT molecular complexity index is 1560. The van der Waals surface area contributed by atoms with Crippen LogP contribution in [-0.4, -0.2) is 36.2 Å². The molecule has 204 valence electrons. The Morgan fingerprint density at radius 2 is 1.74 bits per heavy atom. The summed E-state index contributed by atoms with van der Waals surface area (Å²) in [5, 5.41) is 0.486. The van der Waals surface area contributed by atoms with Crippen LogP contribution in [0.3, 0.4) is 0 Å². The van der Waals surface area contributed by atoms with Crippen molar-refractivity contribution in [1.82, 2.24) is 4.57 Å². The van der Waals surface area contributed by atoms with E-state index in [-0.39, 0.29) is 22.7 Å². The van der Waals surface area contributed by atoms with Crippen LogP contribution < -0.4 is 14.2 Å². The molecular weight excluding hydrogens is 518 g/mol. The second kappa shape index (κ2) is 10.8. The molecule has 0 aliphatic carbocycles. The molecule has 0 spiro atoms. The molecule has 0 unspecified atom stereocenters. The van der Waals surface area contributed by atoms with Crippen molar-refractivity contribution in [1.29, 1.82) is 0 Å². The van der Waals surface area contributed by atoms with Crippen molar-refractivity contribution in [2.45, 2.75) is 39.7 Å². The molecule has 0 saturated carbocycles. The maximum Gasteiger partial charge on any atom is 0.573 e. The Balaban J connectivity index is 2.02. The van der Waals surface area contributed by atoms with Crippen LogP contribution in [0.15, 0.2) is 54.6 Å². The van der Waals surface area contributed by atoms with Crippen molar-refractivity contribution < 1.29 is 41.4 Å². The maximum absolute atomic E-state index is 14.8. The van der Waals surface area contributed by atoms with E-state index in [2.05, 4.69) is 4.74 Å². The molecule has 1 heterocycles. The summed E-state index contributed by atoms with van der Waals surface area (Å²) in [6, 6.07) is 12.5. The number of hydrogen-bond acceptors (Lipinski definition) is 5.